The van der Waals surface area contributed by atoms with E-state index in [1.165, 1.54) is 74.0 Å². The van der Waals surface area contributed by atoms with Crippen molar-refractivity contribution in [2.24, 2.45) is 0 Å². The Kier molecular flexibility index (Phi) is 10.0. The Balaban J connectivity index is 0.853. The molecule has 5 aliphatic rings. The Labute approximate surface area is 412 Å². The summed E-state index contributed by atoms with van der Waals surface area (Å²) < 4.78 is 0. The molecule has 1 aliphatic carbocycles. The number of unbranched alkanes of at least 4 members (excludes halogenated alkanes) is 5. The van der Waals surface area contributed by atoms with Crippen molar-refractivity contribution in [3.05, 3.63) is 165 Å². The van der Waals surface area contributed by atoms with Crippen LogP contribution in [-0.2, 0) is 12.8 Å². The number of nitrogens with zero attached hydrogens (tertiary/aromatic N) is 3. The lowest BCUT2D eigenvalue weighted by Gasteiger charge is -2.39. The normalized spacial score (nSPS) is 15.6. The SMILES string of the molecule is CCCCCCCCN1C(=O)c2ccc3c4c(ccc(c24)C1=O)C(=O)N(c1ccc2c(c1)C(=O)c1cc(-c4c5ccccc5c(-c5c(C)c6c7c(c5C)CCCN7CCC6)c5ccccc45)ccc1-2)C3=O. The topological polar surface area (TPSA) is 95.1 Å². The predicted octanol–water partition coefficient (Wildman–Crippen LogP) is 13.8. The third-order valence-corrected chi connectivity index (χ3v) is 16.5. The molecule has 0 unspecified atom stereocenters. The van der Waals surface area contributed by atoms with Crippen LogP contribution in [0.2, 0.25) is 0 Å². The van der Waals surface area contributed by atoms with Gasteiger partial charge < -0.3 is 4.90 Å². The van der Waals surface area contributed by atoms with Crippen LogP contribution in [-0.4, -0.2) is 53.9 Å². The Hall–Kier alpha value is -7.71. The van der Waals surface area contributed by atoms with Crippen LogP contribution in [0.15, 0.2) is 109 Å². The highest BCUT2D eigenvalue weighted by molar-refractivity contribution is 6.39. The Morgan fingerprint density at radius 3 is 1.51 bits per heavy atom. The molecular formula is C63H53N3O5. The number of hydrogen-bond donors (Lipinski definition) is 0. The van der Waals surface area contributed by atoms with Gasteiger partial charge in [0.1, 0.15) is 0 Å². The number of amides is 4. The van der Waals surface area contributed by atoms with Crippen molar-refractivity contribution in [2.75, 3.05) is 29.4 Å². The van der Waals surface area contributed by atoms with Crippen molar-refractivity contribution < 1.29 is 24.0 Å². The van der Waals surface area contributed by atoms with Gasteiger partial charge in [-0.05, 0) is 166 Å². The average Bonchev–Trinajstić information content (AvgIpc) is 3.67. The fraction of sp³-hybridized carbons (Fsp3) is 0.254. The number of benzene rings is 8. The molecule has 13 rings (SSSR count). The van der Waals surface area contributed by atoms with E-state index in [9.17, 15) is 24.0 Å². The van der Waals surface area contributed by atoms with Gasteiger partial charge in [-0.25, -0.2) is 4.90 Å². The number of anilines is 2. The van der Waals surface area contributed by atoms with Crippen molar-refractivity contribution >= 4 is 73.1 Å². The minimum absolute atomic E-state index is 0.175. The number of rotatable bonds is 10. The number of hydrogen-bond acceptors (Lipinski definition) is 6. The van der Waals surface area contributed by atoms with E-state index in [-0.39, 0.29) is 22.6 Å². The summed E-state index contributed by atoms with van der Waals surface area (Å²) in [7, 11) is 0. The second-order valence-corrected chi connectivity index (χ2v) is 20.3. The van der Waals surface area contributed by atoms with E-state index in [1.54, 1.807) is 36.4 Å². The zero-order chi connectivity index (χ0) is 48.4. The maximum atomic E-state index is 14.7. The first-order chi connectivity index (χ1) is 34.7. The summed E-state index contributed by atoms with van der Waals surface area (Å²) in [6, 6.07) is 35.2. The van der Waals surface area contributed by atoms with E-state index in [2.05, 4.69) is 80.3 Å². The maximum absolute atomic E-state index is 14.7. The first-order valence-electron chi connectivity index (χ1n) is 25.7. The van der Waals surface area contributed by atoms with E-state index in [1.807, 2.05) is 18.2 Å². The van der Waals surface area contributed by atoms with E-state index >= 15 is 0 Å². The van der Waals surface area contributed by atoms with Gasteiger partial charge in [-0.15, -0.1) is 0 Å². The largest absolute Gasteiger partial charge is 0.371 e. The highest BCUT2D eigenvalue weighted by atomic mass is 16.2. The van der Waals surface area contributed by atoms with Crippen LogP contribution >= 0.6 is 0 Å². The van der Waals surface area contributed by atoms with Crippen LogP contribution in [0.4, 0.5) is 11.4 Å². The quantitative estimate of drug-likeness (QED) is 0.0770. The van der Waals surface area contributed by atoms with Gasteiger partial charge in [0.25, 0.3) is 23.6 Å². The summed E-state index contributed by atoms with van der Waals surface area (Å²) in [6.07, 6.45) is 10.7. The number of imide groups is 2. The highest BCUT2D eigenvalue weighted by Crippen LogP contribution is 2.51. The number of fused-ring (bicyclic) bond motifs is 5. The van der Waals surface area contributed by atoms with Gasteiger partial charge >= 0.3 is 0 Å². The summed E-state index contributed by atoms with van der Waals surface area (Å²) in [5.41, 5.74) is 15.8. The Morgan fingerprint density at radius 2 is 0.944 bits per heavy atom. The van der Waals surface area contributed by atoms with Crippen LogP contribution in [0.3, 0.4) is 0 Å². The summed E-state index contributed by atoms with van der Waals surface area (Å²) in [5.74, 6) is -2.14. The van der Waals surface area contributed by atoms with Gasteiger partial charge in [-0.3, -0.25) is 28.9 Å². The molecule has 8 heteroatoms. The standard InChI is InChI=1S/C63H53N3O5/c1-4-5-6-7-8-13-32-65-60(68)47-26-28-49-57-50(29-27-48(56(47)57)61(65)69)63(71)66(62(49)70)38-23-25-42-41-24-22-37(33-51(41)59(67)52(42)34-38)54-43-16-9-11-18-45(43)55(46-19-12-10-17-44(46)54)53-35(2)39-20-14-30-64-31-15-21-40(36(53)3)58(39)64/h9-12,16-19,22-29,33-34H,4-8,13-15,20-21,30-32H2,1-3H3. The lowest BCUT2D eigenvalue weighted by atomic mass is 9.78. The first-order valence-corrected chi connectivity index (χ1v) is 25.7. The molecule has 4 amide bonds. The van der Waals surface area contributed by atoms with Crippen LogP contribution in [0, 0.1) is 13.8 Å². The molecule has 0 saturated carbocycles. The minimum atomic E-state index is -0.574. The van der Waals surface area contributed by atoms with Crippen molar-refractivity contribution in [2.45, 2.75) is 85.0 Å². The number of ketones is 1. The zero-order valence-corrected chi connectivity index (χ0v) is 40.5. The molecule has 0 spiro atoms. The molecule has 4 heterocycles. The molecule has 0 N–H and O–H groups in total. The van der Waals surface area contributed by atoms with Crippen molar-refractivity contribution in [3.8, 4) is 33.4 Å². The van der Waals surface area contributed by atoms with Gasteiger partial charge in [0.2, 0.25) is 0 Å². The van der Waals surface area contributed by atoms with Crippen molar-refractivity contribution in [1.29, 1.82) is 0 Å². The van der Waals surface area contributed by atoms with E-state index in [0.717, 1.165) is 96.0 Å². The molecule has 0 saturated heterocycles. The minimum Gasteiger partial charge on any atom is -0.371 e. The molecular weight excluding hydrogens is 879 g/mol. The van der Waals surface area contributed by atoms with Crippen LogP contribution in [0.5, 0.6) is 0 Å². The van der Waals surface area contributed by atoms with Crippen LogP contribution in [0.1, 0.15) is 138 Å². The van der Waals surface area contributed by atoms with Crippen molar-refractivity contribution in [1.82, 2.24) is 4.90 Å². The molecule has 8 nitrogen and oxygen atoms in total. The predicted molar refractivity (Wildman–Crippen MR) is 283 cm³/mol. The molecule has 71 heavy (non-hydrogen) atoms. The average molecular weight is 932 g/mol. The molecule has 0 aromatic heterocycles. The molecule has 0 radical (unpaired) electrons. The molecule has 0 bridgehead atoms. The highest BCUT2D eigenvalue weighted by Gasteiger charge is 2.41. The Bertz CT molecular complexity index is 3590. The van der Waals surface area contributed by atoms with Gasteiger partial charge in [0.05, 0.1) is 5.69 Å². The summed E-state index contributed by atoms with van der Waals surface area (Å²) in [5, 5.41) is 5.30. The molecule has 4 aliphatic heterocycles. The fourth-order valence-corrected chi connectivity index (χ4v) is 13.2. The maximum Gasteiger partial charge on any atom is 0.265 e. The van der Waals surface area contributed by atoms with E-state index in [0.29, 0.717) is 39.6 Å². The summed E-state index contributed by atoms with van der Waals surface area (Å²) >= 11 is 0. The van der Waals surface area contributed by atoms with Gasteiger partial charge in [-0.1, -0.05) is 106 Å². The third-order valence-electron chi connectivity index (χ3n) is 16.5. The third kappa shape index (κ3) is 6.25. The van der Waals surface area contributed by atoms with Gasteiger partial charge in [0, 0.05) is 69.5 Å². The monoisotopic (exact) mass is 931 g/mol. The van der Waals surface area contributed by atoms with E-state index in [4.69, 9.17) is 0 Å². The van der Waals surface area contributed by atoms with E-state index < -0.39 is 23.6 Å². The summed E-state index contributed by atoms with van der Waals surface area (Å²) in [6.45, 7) is 9.42. The molecule has 8 aromatic rings. The molecule has 350 valence electrons. The first kappa shape index (κ1) is 43.3. The second-order valence-electron chi connectivity index (χ2n) is 20.3. The van der Waals surface area contributed by atoms with Crippen LogP contribution in [0.25, 0.3) is 65.7 Å². The zero-order valence-electron chi connectivity index (χ0n) is 40.5. The number of carbonyl (C=O) groups is 5. The van der Waals surface area contributed by atoms with Gasteiger partial charge in [-0.2, -0.15) is 0 Å². The smallest absolute Gasteiger partial charge is 0.265 e. The fourth-order valence-electron chi connectivity index (χ4n) is 13.2. The molecule has 8 aromatic carbocycles. The van der Waals surface area contributed by atoms with Crippen molar-refractivity contribution in [3.63, 3.8) is 0 Å². The lowest BCUT2D eigenvalue weighted by molar-refractivity contribution is 0.0606. The van der Waals surface area contributed by atoms with Crippen LogP contribution < -0.4 is 9.80 Å². The Morgan fingerprint density at radius 1 is 0.465 bits per heavy atom. The molecule has 0 fully saturated rings. The van der Waals surface area contributed by atoms with Gasteiger partial charge in [0.15, 0.2) is 5.78 Å². The second kappa shape index (κ2) is 16.4. The number of carbonyl (C=O) groups excluding carboxylic acids is 5. The molecule has 0 atom stereocenters. The summed E-state index contributed by atoms with van der Waals surface area (Å²) in [4.78, 5) is 76.6. The lowest BCUT2D eigenvalue weighted by Crippen LogP contribution is -2.43.